The molecule has 0 saturated heterocycles. The summed E-state index contributed by atoms with van der Waals surface area (Å²) in [7, 11) is 3.56. The minimum atomic E-state index is -4.61. The van der Waals surface area contributed by atoms with Crippen LogP contribution in [0.3, 0.4) is 0 Å². The van der Waals surface area contributed by atoms with Crippen molar-refractivity contribution in [2.45, 2.75) is 102 Å². The standard InChI is InChI=1S/C21H25F4N5O.C18H17ClF4N4O.C3H9N/c1-3-30(2)20-28-17(21(23,24)25)12-18(29-20)26-15-8-10-16(11-9-15)27-19(31)13-4-6-14(22)7-5-13;19-17-26-14(18(21,22)23)9-15(27-17)24-12-5-7-13(8-6-12)25-16(28)10-1-3-11(20)4-2-10;1-3-4-2/h4-7,12,15-16H,3,8-11H2,1-2H3,(H,27,31)(H,26,28,29);1-4,9,12-13H,5-8H2,(H,25,28)(H,24,26,27);4H,3H2,1-2H3. The van der Waals surface area contributed by atoms with Crippen LogP contribution in [-0.2, 0) is 12.4 Å². The topological polar surface area (TPSA) is 149 Å². The summed E-state index contributed by atoms with van der Waals surface area (Å²) in [5.74, 6) is -1.21. The molecule has 2 aliphatic carbocycles. The van der Waals surface area contributed by atoms with Crippen LogP contribution in [0.5, 0.6) is 0 Å². The Balaban J connectivity index is 0.000000256. The maximum atomic E-state index is 13.2. The monoisotopic (exact) mass is 914 g/mol. The SMILES string of the molecule is CCN(C)c1nc(NC2CCC(NC(=O)c3ccc(F)cc3)CC2)cc(C(F)(F)F)n1.CCNC.O=C(NC1CCC(Nc2cc(C(F)(F)F)nc(Cl)n2)CC1)c1ccc(F)cc1. The minimum Gasteiger partial charge on any atom is -0.367 e. The van der Waals surface area contributed by atoms with Gasteiger partial charge in [-0.2, -0.15) is 31.3 Å². The predicted molar refractivity (Wildman–Crippen MR) is 225 cm³/mol. The molecule has 0 atom stereocenters. The van der Waals surface area contributed by atoms with Crippen LogP contribution in [0.25, 0.3) is 0 Å². The molecular weight excluding hydrogens is 864 g/mol. The van der Waals surface area contributed by atoms with Crippen LogP contribution in [-0.4, -0.2) is 83.1 Å². The van der Waals surface area contributed by atoms with Gasteiger partial charge in [-0.05, 0) is 132 Å². The van der Waals surface area contributed by atoms with Crippen LogP contribution in [0.2, 0.25) is 5.28 Å². The first-order chi connectivity index (χ1) is 29.8. The Kier molecular flexibility index (Phi) is 18.6. The van der Waals surface area contributed by atoms with Crippen molar-refractivity contribution in [3.63, 3.8) is 0 Å². The molecule has 12 nitrogen and oxygen atoms in total. The molecule has 0 aliphatic heterocycles. The molecule has 0 radical (unpaired) electrons. The molecule has 0 bridgehead atoms. The van der Waals surface area contributed by atoms with E-state index in [2.05, 4.69) is 53.4 Å². The summed E-state index contributed by atoms with van der Waals surface area (Å²) in [5.41, 5.74) is -1.33. The van der Waals surface area contributed by atoms with Crippen molar-refractivity contribution in [3.8, 4) is 0 Å². The molecule has 2 fully saturated rings. The zero-order valence-corrected chi connectivity index (χ0v) is 35.9. The van der Waals surface area contributed by atoms with Crippen LogP contribution in [0.15, 0.2) is 60.7 Å². The first-order valence-electron chi connectivity index (χ1n) is 20.4. The zero-order chi connectivity index (χ0) is 46.3. The van der Waals surface area contributed by atoms with Crippen molar-refractivity contribution in [2.24, 2.45) is 0 Å². The molecule has 4 aromatic rings. The van der Waals surface area contributed by atoms with Crippen LogP contribution in [0.1, 0.15) is 97.3 Å². The second-order valence-corrected chi connectivity index (χ2v) is 15.2. The number of nitrogens with zero attached hydrogens (tertiary/aromatic N) is 5. The van der Waals surface area contributed by atoms with Crippen molar-refractivity contribution in [1.29, 1.82) is 0 Å². The third-order valence-corrected chi connectivity index (χ3v) is 10.4. The van der Waals surface area contributed by atoms with Crippen LogP contribution in [0.4, 0.5) is 52.7 Å². The number of halogens is 9. The van der Waals surface area contributed by atoms with Gasteiger partial charge in [0.05, 0.1) is 0 Å². The average molecular weight is 915 g/mol. The third-order valence-electron chi connectivity index (χ3n) is 10.2. The highest BCUT2D eigenvalue weighted by atomic mass is 35.5. The molecule has 2 aromatic heterocycles. The van der Waals surface area contributed by atoms with Gasteiger partial charge < -0.3 is 31.5 Å². The number of nitrogens with one attached hydrogen (secondary N) is 5. The summed E-state index contributed by atoms with van der Waals surface area (Å²) in [4.78, 5) is 40.9. The minimum absolute atomic E-state index is 0.0140. The maximum Gasteiger partial charge on any atom is 0.433 e. The highest BCUT2D eigenvalue weighted by molar-refractivity contribution is 6.28. The highest BCUT2D eigenvalue weighted by Crippen LogP contribution is 2.32. The summed E-state index contributed by atoms with van der Waals surface area (Å²) in [5, 5.41) is 14.3. The number of carbonyl (C=O) groups excluding carboxylic acids is 2. The quantitative estimate of drug-likeness (QED) is 0.0730. The Morgan fingerprint density at radius 3 is 1.37 bits per heavy atom. The summed E-state index contributed by atoms with van der Waals surface area (Å²) in [6.07, 6.45) is -3.93. The molecule has 63 heavy (non-hydrogen) atoms. The smallest absolute Gasteiger partial charge is 0.367 e. The summed E-state index contributed by atoms with van der Waals surface area (Å²) < 4.78 is 104. The van der Waals surface area contributed by atoms with Gasteiger partial charge in [-0.3, -0.25) is 9.59 Å². The number of carbonyl (C=O) groups is 2. The lowest BCUT2D eigenvalue weighted by molar-refractivity contribution is -0.141. The summed E-state index contributed by atoms with van der Waals surface area (Å²) in [6, 6.07) is 12.1. The number of amides is 2. The molecule has 6 rings (SSSR count). The van der Waals surface area contributed by atoms with Crippen molar-refractivity contribution in [1.82, 2.24) is 35.9 Å². The number of anilines is 3. The molecule has 2 amide bonds. The summed E-state index contributed by atoms with van der Waals surface area (Å²) >= 11 is 5.59. The van der Waals surface area contributed by atoms with Gasteiger partial charge in [0.1, 0.15) is 23.3 Å². The van der Waals surface area contributed by atoms with Gasteiger partial charge >= 0.3 is 12.4 Å². The molecule has 2 aliphatic rings. The van der Waals surface area contributed by atoms with Gasteiger partial charge in [0.25, 0.3) is 11.8 Å². The summed E-state index contributed by atoms with van der Waals surface area (Å²) in [6.45, 7) is 5.41. The highest BCUT2D eigenvalue weighted by Gasteiger charge is 2.35. The first kappa shape index (κ1) is 50.3. The number of hydrogen-bond donors (Lipinski definition) is 5. The molecular formula is C42H51ClF8N10O2. The van der Waals surface area contributed by atoms with E-state index in [0.29, 0.717) is 69.0 Å². The maximum absolute atomic E-state index is 13.2. The molecule has 2 heterocycles. The van der Waals surface area contributed by atoms with E-state index in [0.717, 1.165) is 18.7 Å². The fraction of sp³-hybridized carbons (Fsp3) is 0.476. The molecule has 0 spiro atoms. The Morgan fingerprint density at radius 2 is 1.00 bits per heavy atom. The second kappa shape index (κ2) is 23.4. The molecule has 2 aromatic carbocycles. The fourth-order valence-electron chi connectivity index (χ4n) is 6.53. The normalized spacial score (nSPS) is 18.7. The van der Waals surface area contributed by atoms with E-state index in [4.69, 9.17) is 11.6 Å². The van der Waals surface area contributed by atoms with Crippen molar-refractivity contribution in [2.75, 3.05) is 42.7 Å². The number of benzene rings is 2. The Morgan fingerprint density at radius 1 is 0.635 bits per heavy atom. The van der Waals surface area contributed by atoms with Crippen LogP contribution < -0.4 is 31.5 Å². The lowest BCUT2D eigenvalue weighted by Crippen LogP contribution is -2.40. The van der Waals surface area contributed by atoms with Crippen LogP contribution in [0, 0.1) is 11.6 Å². The Bertz CT molecular complexity index is 2060. The molecule has 21 heteroatoms. The number of alkyl halides is 6. The molecule has 2 saturated carbocycles. The molecule has 344 valence electrons. The number of aromatic nitrogens is 4. The van der Waals surface area contributed by atoms with Crippen molar-refractivity contribution >= 4 is 41.0 Å². The fourth-order valence-corrected chi connectivity index (χ4v) is 6.71. The van der Waals surface area contributed by atoms with Gasteiger partial charge in [-0.1, -0.05) is 6.92 Å². The zero-order valence-electron chi connectivity index (χ0n) is 35.1. The van der Waals surface area contributed by atoms with Crippen LogP contribution >= 0.6 is 11.6 Å². The van der Waals surface area contributed by atoms with E-state index in [1.165, 1.54) is 48.5 Å². The predicted octanol–water partition coefficient (Wildman–Crippen LogP) is 8.91. The Hall–Kier alpha value is -5.37. The van der Waals surface area contributed by atoms with E-state index >= 15 is 0 Å². The molecule has 5 N–H and O–H groups in total. The second-order valence-electron chi connectivity index (χ2n) is 14.9. The van der Waals surface area contributed by atoms with Gasteiger partial charge in [0.15, 0.2) is 11.4 Å². The van der Waals surface area contributed by atoms with E-state index in [1.54, 1.807) is 18.9 Å². The first-order valence-corrected chi connectivity index (χ1v) is 20.7. The van der Waals surface area contributed by atoms with Gasteiger partial charge in [-0.15, -0.1) is 0 Å². The van der Waals surface area contributed by atoms with Gasteiger partial charge in [-0.25, -0.2) is 23.7 Å². The largest absolute Gasteiger partial charge is 0.433 e. The molecule has 0 unspecified atom stereocenters. The van der Waals surface area contributed by atoms with E-state index in [9.17, 15) is 44.7 Å². The average Bonchev–Trinajstić information content (AvgIpc) is 3.24. The lowest BCUT2D eigenvalue weighted by Gasteiger charge is -2.30. The van der Waals surface area contributed by atoms with E-state index < -0.39 is 40.7 Å². The number of rotatable bonds is 11. The van der Waals surface area contributed by atoms with Gasteiger partial charge in [0, 0.05) is 61.0 Å². The lowest BCUT2D eigenvalue weighted by atomic mass is 9.91. The Labute approximate surface area is 365 Å². The van der Waals surface area contributed by atoms with Gasteiger partial charge in [0.2, 0.25) is 11.2 Å². The van der Waals surface area contributed by atoms with Crippen molar-refractivity contribution < 1.29 is 44.7 Å². The third kappa shape index (κ3) is 16.4. The van der Waals surface area contributed by atoms with E-state index in [-0.39, 0.29) is 53.6 Å². The van der Waals surface area contributed by atoms with E-state index in [1.807, 2.05) is 7.05 Å². The number of hydrogen-bond acceptors (Lipinski definition) is 10. The van der Waals surface area contributed by atoms with Crippen molar-refractivity contribution in [3.05, 3.63) is 100 Å².